The van der Waals surface area contributed by atoms with E-state index >= 15 is 0 Å². The van der Waals surface area contributed by atoms with Crippen molar-refractivity contribution in [2.75, 3.05) is 0 Å². The normalized spacial score (nSPS) is 12.4. The van der Waals surface area contributed by atoms with Gasteiger partial charge in [0.05, 0.1) is 0 Å². The standard InChI is InChI=1S/C12H13N3/c1-9(13)10-2-4-11(5-3-10)12-6-14-8-15-7-12/h2-9H,13H2,1H3. The number of hydrogen-bond donors (Lipinski definition) is 1. The molecule has 0 radical (unpaired) electrons. The lowest BCUT2D eigenvalue weighted by atomic mass is 10.0. The van der Waals surface area contributed by atoms with Gasteiger partial charge in [0.1, 0.15) is 6.33 Å². The van der Waals surface area contributed by atoms with Crippen LogP contribution in [0.5, 0.6) is 0 Å². The summed E-state index contributed by atoms with van der Waals surface area (Å²) in [6, 6.07) is 8.22. The van der Waals surface area contributed by atoms with Crippen LogP contribution in [-0.4, -0.2) is 9.97 Å². The van der Waals surface area contributed by atoms with Gasteiger partial charge in [-0.2, -0.15) is 0 Å². The molecule has 0 spiro atoms. The molecule has 2 aromatic rings. The summed E-state index contributed by atoms with van der Waals surface area (Å²) < 4.78 is 0. The van der Waals surface area contributed by atoms with E-state index in [0.717, 1.165) is 16.7 Å². The number of aromatic nitrogens is 2. The van der Waals surface area contributed by atoms with E-state index in [1.807, 2.05) is 31.2 Å². The van der Waals surface area contributed by atoms with Crippen molar-refractivity contribution in [2.45, 2.75) is 13.0 Å². The summed E-state index contributed by atoms with van der Waals surface area (Å²) in [6.45, 7) is 1.97. The van der Waals surface area contributed by atoms with Gasteiger partial charge in [0.2, 0.25) is 0 Å². The maximum Gasteiger partial charge on any atom is 0.115 e. The molecular weight excluding hydrogens is 186 g/mol. The number of nitrogens with two attached hydrogens (primary N) is 1. The van der Waals surface area contributed by atoms with Crippen LogP contribution < -0.4 is 5.73 Å². The number of nitrogens with zero attached hydrogens (tertiary/aromatic N) is 2. The van der Waals surface area contributed by atoms with Crippen molar-refractivity contribution >= 4 is 0 Å². The molecule has 1 unspecified atom stereocenters. The Morgan fingerprint density at radius 2 is 1.60 bits per heavy atom. The van der Waals surface area contributed by atoms with Gasteiger partial charge in [0.25, 0.3) is 0 Å². The molecule has 1 aromatic carbocycles. The molecule has 1 aromatic heterocycles. The Bertz CT molecular complexity index is 420. The van der Waals surface area contributed by atoms with Crippen LogP contribution in [0.25, 0.3) is 11.1 Å². The molecule has 2 rings (SSSR count). The van der Waals surface area contributed by atoms with Gasteiger partial charge in [-0.1, -0.05) is 24.3 Å². The summed E-state index contributed by atoms with van der Waals surface area (Å²) in [6.07, 6.45) is 5.13. The molecule has 3 nitrogen and oxygen atoms in total. The molecule has 15 heavy (non-hydrogen) atoms. The van der Waals surface area contributed by atoms with E-state index in [0.29, 0.717) is 0 Å². The smallest absolute Gasteiger partial charge is 0.115 e. The van der Waals surface area contributed by atoms with Crippen LogP contribution >= 0.6 is 0 Å². The monoisotopic (exact) mass is 199 g/mol. The van der Waals surface area contributed by atoms with Crippen LogP contribution in [0.2, 0.25) is 0 Å². The summed E-state index contributed by atoms with van der Waals surface area (Å²) >= 11 is 0. The second kappa shape index (κ2) is 4.19. The topological polar surface area (TPSA) is 51.8 Å². The zero-order valence-electron chi connectivity index (χ0n) is 8.59. The highest BCUT2D eigenvalue weighted by Crippen LogP contribution is 2.19. The third-order valence-corrected chi connectivity index (χ3v) is 2.33. The first-order valence-corrected chi connectivity index (χ1v) is 4.88. The zero-order valence-corrected chi connectivity index (χ0v) is 8.59. The SMILES string of the molecule is CC(N)c1ccc(-c2cncnc2)cc1. The summed E-state index contributed by atoms with van der Waals surface area (Å²) in [4.78, 5) is 7.97. The van der Waals surface area contributed by atoms with Crippen LogP contribution in [-0.2, 0) is 0 Å². The molecule has 0 amide bonds. The second-order valence-corrected chi connectivity index (χ2v) is 3.54. The molecule has 0 fully saturated rings. The van der Waals surface area contributed by atoms with Gasteiger partial charge in [-0.05, 0) is 18.1 Å². The Labute approximate surface area is 89.0 Å². The van der Waals surface area contributed by atoms with Crippen molar-refractivity contribution in [3.63, 3.8) is 0 Å². The largest absolute Gasteiger partial charge is 0.324 e. The molecule has 2 N–H and O–H groups in total. The van der Waals surface area contributed by atoms with Crippen LogP contribution in [0, 0.1) is 0 Å². The van der Waals surface area contributed by atoms with Gasteiger partial charge in [0.15, 0.2) is 0 Å². The highest BCUT2D eigenvalue weighted by atomic mass is 14.8. The van der Waals surface area contributed by atoms with E-state index in [-0.39, 0.29) is 6.04 Å². The highest BCUT2D eigenvalue weighted by Gasteiger charge is 2.00. The molecule has 0 saturated heterocycles. The highest BCUT2D eigenvalue weighted by molar-refractivity contribution is 5.61. The molecule has 1 atom stereocenters. The van der Waals surface area contributed by atoms with Gasteiger partial charge < -0.3 is 5.73 Å². The average molecular weight is 199 g/mol. The van der Waals surface area contributed by atoms with E-state index in [1.165, 1.54) is 6.33 Å². The Hall–Kier alpha value is -1.74. The summed E-state index contributed by atoms with van der Waals surface area (Å²) in [5.41, 5.74) is 9.05. The van der Waals surface area contributed by atoms with E-state index in [4.69, 9.17) is 5.73 Å². The molecule has 0 aliphatic heterocycles. The van der Waals surface area contributed by atoms with Crippen LogP contribution in [0.1, 0.15) is 18.5 Å². The molecule has 1 heterocycles. The second-order valence-electron chi connectivity index (χ2n) is 3.54. The summed E-state index contributed by atoms with van der Waals surface area (Å²) in [7, 11) is 0. The average Bonchev–Trinajstić information content (AvgIpc) is 2.30. The number of rotatable bonds is 2. The fourth-order valence-electron chi connectivity index (χ4n) is 1.43. The molecule has 3 heteroatoms. The third-order valence-electron chi connectivity index (χ3n) is 2.33. The van der Waals surface area contributed by atoms with Gasteiger partial charge in [0, 0.05) is 24.0 Å². The van der Waals surface area contributed by atoms with E-state index in [1.54, 1.807) is 12.4 Å². The maximum atomic E-state index is 5.78. The first kappa shape index (κ1) is 9.80. The van der Waals surface area contributed by atoms with Crippen molar-refractivity contribution < 1.29 is 0 Å². The lowest BCUT2D eigenvalue weighted by molar-refractivity contribution is 0.818. The maximum absolute atomic E-state index is 5.78. The minimum absolute atomic E-state index is 0.0751. The van der Waals surface area contributed by atoms with Gasteiger partial charge >= 0.3 is 0 Å². The van der Waals surface area contributed by atoms with Crippen molar-refractivity contribution in [3.05, 3.63) is 48.5 Å². The van der Waals surface area contributed by atoms with Crippen molar-refractivity contribution in [1.82, 2.24) is 9.97 Å². The lowest BCUT2D eigenvalue weighted by Gasteiger charge is -2.06. The van der Waals surface area contributed by atoms with Gasteiger partial charge in [-0.3, -0.25) is 0 Å². The van der Waals surface area contributed by atoms with Crippen molar-refractivity contribution in [2.24, 2.45) is 5.73 Å². The van der Waals surface area contributed by atoms with E-state index in [2.05, 4.69) is 9.97 Å². The Morgan fingerprint density at radius 1 is 1.00 bits per heavy atom. The van der Waals surface area contributed by atoms with Crippen molar-refractivity contribution in [3.8, 4) is 11.1 Å². The van der Waals surface area contributed by atoms with Crippen LogP contribution in [0.4, 0.5) is 0 Å². The minimum atomic E-state index is 0.0751. The fourth-order valence-corrected chi connectivity index (χ4v) is 1.43. The number of benzene rings is 1. The quantitative estimate of drug-likeness (QED) is 0.806. The molecule has 0 bridgehead atoms. The molecular formula is C12H13N3. The van der Waals surface area contributed by atoms with Crippen LogP contribution in [0.15, 0.2) is 43.0 Å². The predicted octanol–water partition coefficient (Wildman–Crippen LogP) is 2.16. The minimum Gasteiger partial charge on any atom is -0.324 e. The van der Waals surface area contributed by atoms with E-state index in [9.17, 15) is 0 Å². The Balaban J connectivity index is 2.32. The molecule has 76 valence electrons. The molecule has 0 aliphatic rings. The van der Waals surface area contributed by atoms with Gasteiger partial charge in [-0.25, -0.2) is 9.97 Å². The first-order valence-electron chi connectivity index (χ1n) is 4.88. The van der Waals surface area contributed by atoms with Gasteiger partial charge in [-0.15, -0.1) is 0 Å². The lowest BCUT2D eigenvalue weighted by Crippen LogP contribution is -2.04. The summed E-state index contributed by atoms with van der Waals surface area (Å²) in [5, 5.41) is 0. The first-order chi connectivity index (χ1) is 7.27. The third kappa shape index (κ3) is 2.19. The van der Waals surface area contributed by atoms with Crippen LogP contribution in [0.3, 0.4) is 0 Å². The zero-order chi connectivity index (χ0) is 10.7. The Kier molecular flexibility index (Phi) is 2.74. The molecule has 0 saturated carbocycles. The van der Waals surface area contributed by atoms with Crippen molar-refractivity contribution in [1.29, 1.82) is 0 Å². The fraction of sp³-hybridized carbons (Fsp3) is 0.167. The summed E-state index contributed by atoms with van der Waals surface area (Å²) in [5.74, 6) is 0. The number of hydrogen-bond acceptors (Lipinski definition) is 3. The molecule has 0 aliphatic carbocycles. The van der Waals surface area contributed by atoms with E-state index < -0.39 is 0 Å². The predicted molar refractivity (Wildman–Crippen MR) is 60.1 cm³/mol. The Morgan fingerprint density at radius 3 is 2.13 bits per heavy atom.